The molecule has 0 heterocycles. The van der Waals surface area contributed by atoms with Crippen LogP contribution < -0.4 is 0 Å². The van der Waals surface area contributed by atoms with Gasteiger partial charge in [0.1, 0.15) is 5.78 Å². The Bertz CT molecular complexity index is 393. The number of carbonyl (C=O) groups is 1. The Hall–Kier alpha value is -0.956. The quantitative estimate of drug-likeness (QED) is 0.389. The topological polar surface area (TPSA) is 60.2 Å². The van der Waals surface area contributed by atoms with Crippen LogP contribution in [0, 0.1) is 0 Å². The molecule has 0 rings (SSSR count). The number of Topliss-reactive ketones (excluding diaryl/α,β-unsaturated/α-hetero) is 1. The van der Waals surface area contributed by atoms with E-state index in [2.05, 4.69) is 49.6 Å². The van der Waals surface area contributed by atoms with Crippen molar-refractivity contribution in [2.45, 2.75) is 66.0 Å². The monoisotopic (exact) mass is 316 g/mol. The maximum atomic E-state index is 11.3. The summed E-state index contributed by atoms with van der Waals surface area (Å²) in [5, 5.41) is 8.28. The van der Waals surface area contributed by atoms with Crippen molar-refractivity contribution < 1.29 is 13.8 Å². The highest BCUT2D eigenvalue weighted by Crippen LogP contribution is 2.08. The van der Waals surface area contributed by atoms with E-state index in [1.807, 2.05) is 6.92 Å². The molecule has 0 aliphatic rings. The van der Waals surface area contributed by atoms with Crippen molar-refractivity contribution in [1.29, 1.82) is 0 Å². The summed E-state index contributed by atoms with van der Waals surface area (Å²) in [6, 6.07) is 0. The maximum absolute atomic E-state index is 11.3. The van der Waals surface area contributed by atoms with E-state index >= 15 is 0 Å². The molecule has 0 radical (unpaired) electrons. The van der Waals surface area contributed by atoms with Gasteiger partial charge in [-0.3, -0.25) is 4.79 Å². The van der Waals surface area contributed by atoms with Crippen molar-refractivity contribution in [1.82, 2.24) is 0 Å². The molecule has 0 aliphatic carbocycles. The summed E-state index contributed by atoms with van der Waals surface area (Å²) in [4.78, 5) is 11.3. The summed E-state index contributed by atoms with van der Waals surface area (Å²) in [6.07, 6.45) is 0.804. The minimum Gasteiger partial charge on any atom is -0.456 e. The Morgan fingerprint density at radius 2 is 1.30 bits per heavy atom. The van der Waals surface area contributed by atoms with Crippen LogP contribution in [0.2, 0.25) is 39.3 Å². The second-order valence-corrected chi connectivity index (χ2v) is 15.8. The molecule has 0 aromatic rings. The minimum atomic E-state index is -1.73. The minimum absolute atomic E-state index is 0.0711. The van der Waals surface area contributed by atoms with Crippen LogP contribution in [0.15, 0.2) is 10.3 Å². The van der Waals surface area contributed by atoms with Crippen molar-refractivity contribution in [3.63, 3.8) is 0 Å². The zero-order chi connectivity index (χ0) is 16.0. The smallest absolute Gasteiger partial charge is 0.278 e. The van der Waals surface area contributed by atoms with Gasteiger partial charge in [0.25, 0.3) is 16.6 Å². The lowest BCUT2D eigenvalue weighted by Crippen LogP contribution is -2.24. The molecule has 0 saturated heterocycles. The molecule has 5 nitrogen and oxygen atoms in total. The van der Waals surface area contributed by atoms with Gasteiger partial charge in [0, 0.05) is 12.8 Å². The zero-order valence-electron chi connectivity index (χ0n) is 14.0. The third-order valence-electron chi connectivity index (χ3n) is 1.84. The SMILES string of the molecule is CC(=O)C/C(C/C(C)=N/O[Si](C)(C)C)=N\O[Si](C)(C)C. The van der Waals surface area contributed by atoms with Crippen molar-refractivity contribution in [2.75, 3.05) is 0 Å². The molecule has 0 spiro atoms. The Morgan fingerprint density at radius 1 is 0.850 bits per heavy atom. The Balaban J connectivity index is 4.77. The molecule has 0 fully saturated rings. The predicted octanol–water partition coefficient (Wildman–Crippen LogP) is 3.79. The molecule has 0 aliphatic heterocycles. The fraction of sp³-hybridized carbons (Fsp3) is 0.769. The van der Waals surface area contributed by atoms with E-state index in [4.69, 9.17) is 9.05 Å². The first-order chi connectivity index (χ1) is 8.89. The summed E-state index contributed by atoms with van der Waals surface area (Å²) in [7, 11) is -3.40. The molecule has 0 bridgehead atoms. The van der Waals surface area contributed by atoms with E-state index in [9.17, 15) is 4.79 Å². The maximum Gasteiger partial charge on any atom is 0.278 e. The van der Waals surface area contributed by atoms with Crippen LogP contribution in [-0.2, 0) is 13.8 Å². The number of carbonyl (C=O) groups excluding carboxylic acids is 1. The van der Waals surface area contributed by atoms with Crippen molar-refractivity contribution in [2.24, 2.45) is 10.3 Å². The van der Waals surface area contributed by atoms with Gasteiger partial charge < -0.3 is 9.05 Å². The van der Waals surface area contributed by atoms with Crippen molar-refractivity contribution in [3.05, 3.63) is 0 Å². The first-order valence-electron chi connectivity index (χ1n) is 6.84. The standard InChI is InChI=1S/C13H28N2O3Si2/c1-11(14-17-19(3,4)5)9-13(10-12(2)16)15-18-20(6,7)8/h9-10H2,1-8H3/b14-11+,15-13-. The fourth-order valence-electron chi connectivity index (χ4n) is 1.16. The van der Waals surface area contributed by atoms with Gasteiger partial charge in [0.05, 0.1) is 11.4 Å². The van der Waals surface area contributed by atoms with E-state index in [1.54, 1.807) is 6.92 Å². The molecule has 0 aromatic carbocycles. The Morgan fingerprint density at radius 3 is 1.70 bits per heavy atom. The van der Waals surface area contributed by atoms with Gasteiger partial charge >= 0.3 is 0 Å². The highest BCUT2D eigenvalue weighted by molar-refractivity contribution is 6.70. The molecule has 20 heavy (non-hydrogen) atoms. The number of hydrogen-bond donors (Lipinski definition) is 0. The molecule has 7 heteroatoms. The molecule has 0 saturated carbocycles. The lowest BCUT2D eigenvalue weighted by molar-refractivity contribution is -0.115. The lowest BCUT2D eigenvalue weighted by Gasteiger charge is -2.16. The van der Waals surface area contributed by atoms with Crippen molar-refractivity contribution >= 4 is 33.8 Å². The first-order valence-corrected chi connectivity index (χ1v) is 13.7. The van der Waals surface area contributed by atoms with Crippen LogP contribution in [0.3, 0.4) is 0 Å². The highest BCUT2D eigenvalue weighted by atomic mass is 28.4. The molecule has 0 unspecified atom stereocenters. The number of rotatable bonds is 8. The molecule has 0 aromatic heterocycles. The van der Waals surface area contributed by atoms with E-state index in [1.165, 1.54) is 0 Å². The van der Waals surface area contributed by atoms with Gasteiger partial charge in [-0.2, -0.15) is 0 Å². The van der Waals surface area contributed by atoms with E-state index < -0.39 is 16.6 Å². The summed E-state index contributed by atoms with van der Waals surface area (Å²) in [5.74, 6) is 0.0711. The molecule has 0 N–H and O–H groups in total. The van der Waals surface area contributed by atoms with Crippen LogP contribution in [0.1, 0.15) is 26.7 Å². The first kappa shape index (κ1) is 19.0. The van der Waals surface area contributed by atoms with E-state index in [0.29, 0.717) is 18.6 Å². The van der Waals surface area contributed by atoms with Gasteiger partial charge in [0.2, 0.25) is 0 Å². The van der Waals surface area contributed by atoms with Crippen molar-refractivity contribution in [3.8, 4) is 0 Å². The number of hydrogen-bond acceptors (Lipinski definition) is 5. The fourth-order valence-corrected chi connectivity index (χ4v) is 1.99. The average Bonchev–Trinajstić information content (AvgIpc) is 2.20. The van der Waals surface area contributed by atoms with Gasteiger partial charge in [-0.05, 0) is 53.1 Å². The van der Waals surface area contributed by atoms with Crippen LogP contribution in [-0.4, -0.2) is 33.8 Å². The zero-order valence-corrected chi connectivity index (χ0v) is 16.0. The number of nitrogens with zero attached hydrogens (tertiary/aromatic N) is 2. The second kappa shape index (κ2) is 7.73. The van der Waals surface area contributed by atoms with Crippen LogP contribution in [0.25, 0.3) is 0 Å². The van der Waals surface area contributed by atoms with Crippen LogP contribution in [0.4, 0.5) is 0 Å². The van der Waals surface area contributed by atoms with E-state index in [-0.39, 0.29) is 5.78 Å². The normalized spacial score (nSPS) is 14.2. The Kier molecular flexibility index (Phi) is 7.36. The number of oxime groups is 2. The summed E-state index contributed by atoms with van der Waals surface area (Å²) in [6.45, 7) is 15.8. The number of ketones is 1. The van der Waals surface area contributed by atoms with E-state index in [0.717, 1.165) is 5.71 Å². The molecule has 116 valence electrons. The van der Waals surface area contributed by atoms with Gasteiger partial charge in [-0.1, -0.05) is 0 Å². The largest absolute Gasteiger partial charge is 0.456 e. The highest BCUT2D eigenvalue weighted by Gasteiger charge is 2.18. The Labute approximate surface area is 124 Å². The molecular weight excluding hydrogens is 288 g/mol. The third kappa shape index (κ3) is 12.1. The average molecular weight is 317 g/mol. The van der Waals surface area contributed by atoms with Gasteiger partial charge in [-0.15, -0.1) is 10.3 Å². The second-order valence-electron chi connectivity index (χ2n) is 6.95. The summed E-state index contributed by atoms with van der Waals surface area (Å²) < 4.78 is 11.0. The lowest BCUT2D eigenvalue weighted by atomic mass is 10.1. The van der Waals surface area contributed by atoms with Gasteiger partial charge in [-0.25, -0.2) is 0 Å². The molecule has 0 amide bonds. The molecular formula is C13H28N2O3Si2. The molecule has 0 atom stereocenters. The van der Waals surface area contributed by atoms with Crippen LogP contribution >= 0.6 is 0 Å². The summed E-state index contributed by atoms with van der Waals surface area (Å²) >= 11 is 0. The summed E-state index contributed by atoms with van der Waals surface area (Å²) in [5.41, 5.74) is 1.52. The third-order valence-corrected chi connectivity index (χ3v) is 3.11. The van der Waals surface area contributed by atoms with Gasteiger partial charge in [0.15, 0.2) is 0 Å². The van der Waals surface area contributed by atoms with Crippen LogP contribution in [0.5, 0.6) is 0 Å². The predicted molar refractivity (Wildman–Crippen MR) is 89.3 cm³/mol.